The number of terminal acetylenes is 1. The maximum Gasteiger partial charge on any atom is 0.246 e. The molecule has 1 amide bonds. The number of hydrogen-bond donors (Lipinski definition) is 1. The molecule has 0 radical (unpaired) electrons. The summed E-state index contributed by atoms with van der Waals surface area (Å²) in [4.78, 5) is 29.7. The first-order valence-corrected chi connectivity index (χ1v) is 12.1. The molecule has 0 unspecified atom stereocenters. The molecule has 2 saturated heterocycles. The van der Waals surface area contributed by atoms with Gasteiger partial charge < -0.3 is 19.9 Å². The van der Waals surface area contributed by atoms with Crippen molar-refractivity contribution in [2.75, 3.05) is 29.9 Å². The molecule has 3 aromatic rings. The van der Waals surface area contributed by atoms with E-state index in [0.29, 0.717) is 48.2 Å². The number of rotatable bonds is 7. The highest BCUT2D eigenvalue weighted by Crippen LogP contribution is 2.36. The fourth-order valence-corrected chi connectivity index (χ4v) is 5.05. The van der Waals surface area contributed by atoms with Gasteiger partial charge in [0.25, 0.3) is 0 Å². The number of nitrogens with zero attached hydrogens (tertiary/aromatic N) is 5. The van der Waals surface area contributed by atoms with Gasteiger partial charge in [0, 0.05) is 13.1 Å². The number of benzene rings is 1. The molecule has 6 rings (SSSR count). The van der Waals surface area contributed by atoms with Gasteiger partial charge in [0.15, 0.2) is 11.6 Å². The minimum Gasteiger partial charge on any atom is -0.492 e. The second kappa shape index (κ2) is 8.79. The summed E-state index contributed by atoms with van der Waals surface area (Å²) in [5.41, 5.74) is 1.42. The molecule has 8 nitrogen and oxygen atoms in total. The van der Waals surface area contributed by atoms with E-state index in [4.69, 9.17) is 16.1 Å². The highest BCUT2D eigenvalue weighted by atomic mass is 19.1. The van der Waals surface area contributed by atoms with Crippen LogP contribution in [0.3, 0.4) is 0 Å². The van der Waals surface area contributed by atoms with Crippen molar-refractivity contribution in [2.45, 2.75) is 31.3 Å². The van der Waals surface area contributed by atoms with E-state index in [1.165, 1.54) is 12.4 Å². The van der Waals surface area contributed by atoms with E-state index in [-0.39, 0.29) is 29.2 Å². The Morgan fingerprint density at radius 3 is 2.83 bits per heavy atom. The van der Waals surface area contributed by atoms with E-state index in [1.54, 1.807) is 12.1 Å². The van der Waals surface area contributed by atoms with Crippen molar-refractivity contribution in [3.8, 4) is 18.1 Å². The van der Waals surface area contributed by atoms with Crippen LogP contribution in [-0.4, -0.2) is 57.5 Å². The number of pyridine rings is 1. The smallest absolute Gasteiger partial charge is 0.246 e. The second-order valence-corrected chi connectivity index (χ2v) is 9.47. The van der Waals surface area contributed by atoms with Crippen molar-refractivity contribution in [3.05, 3.63) is 54.6 Å². The number of likely N-dealkylation sites (tertiary alicyclic amines) is 1. The van der Waals surface area contributed by atoms with Crippen LogP contribution in [0.2, 0.25) is 0 Å². The lowest BCUT2D eigenvalue weighted by Gasteiger charge is -2.34. The van der Waals surface area contributed by atoms with Crippen LogP contribution < -0.4 is 15.0 Å². The van der Waals surface area contributed by atoms with Crippen LogP contribution in [0.1, 0.15) is 24.8 Å². The molecular formula is C27H25FN6O2. The number of fused-ring (bicyclic) bond motifs is 3. The number of carbonyl (C=O) groups is 1. The monoisotopic (exact) mass is 484 g/mol. The summed E-state index contributed by atoms with van der Waals surface area (Å²) in [7, 11) is 0. The molecule has 1 aliphatic carbocycles. The van der Waals surface area contributed by atoms with Crippen molar-refractivity contribution < 1.29 is 13.9 Å². The van der Waals surface area contributed by atoms with Gasteiger partial charge in [0.2, 0.25) is 5.91 Å². The van der Waals surface area contributed by atoms with Gasteiger partial charge in [-0.2, -0.15) is 0 Å². The lowest BCUT2D eigenvalue weighted by Crippen LogP contribution is -2.48. The van der Waals surface area contributed by atoms with Crippen molar-refractivity contribution in [1.82, 2.24) is 19.9 Å². The Hall–Kier alpha value is -4.19. The highest BCUT2D eigenvalue weighted by Gasteiger charge is 2.45. The average Bonchev–Trinajstić information content (AvgIpc) is 3.52. The number of amides is 1. The van der Waals surface area contributed by atoms with Crippen molar-refractivity contribution in [1.29, 1.82) is 0 Å². The zero-order valence-corrected chi connectivity index (χ0v) is 19.7. The van der Waals surface area contributed by atoms with Crippen LogP contribution in [0.4, 0.5) is 21.7 Å². The standard InChI is InChI=1S/C27H25FN6O2/c1-3-19-22(36-14-16-5-6-16)9-7-20(25(19)28)31-27-26-21(29-15-30-27)8-10-23(32-26)33-12-18-11-17(33)13-34(18)24(35)4-2/h1,4,7-10,15-18H,2,5-6,11-14H2,(H,29,30,31)/t17-,18-/m0/s1. The minimum absolute atomic E-state index is 0.0363. The van der Waals surface area contributed by atoms with E-state index < -0.39 is 5.82 Å². The average molecular weight is 485 g/mol. The van der Waals surface area contributed by atoms with Gasteiger partial charge in [-0.15, -0.1) is 6.42 Å². The SMILES string of the molecule is C#Cc1c(OCC2CC2)ccc(Nc2ncnc3ccc(N4C[C@@H]5C[C@H]4CN5C(=O)C=C)nc23)c1F. The van der Waals surface area contributed by atoms with Crippen LogP contribution >= 0.6 is 0 Å². The van der Waals surface area contributed by atoms with Gasteiger partial charge >= 0.3 is 0 Å². The first-order chi connectivity index (χ1) is 17.6. The predicted molar refractivity (Wildman–Crippen MR) is 135 cm³/mol. The number of carbonyl (C=O) groups excluding carboxylic acids is 1. The number of anilines is 3. The fourth-order valence-electron chi connectivity index (χ4n) is 5.05. The van der Waals surface area contributed by atoms with E-state index in [0.717, 1.165) is 25.1 Å². The Kier molecular flexibility index (Phi) is 5.44. The van der Waals surface area contributed by atoms with Gasteiger partial charge in [-0.1, -0.05) is 12.5 Å². The molecule has 2 aliphatic heterocycles. The molecule has 3 fully saturated rings. The summed E-state index contributed by atoms with van der Waals surface area (Å²) in [6.45, 7) is 5.48. The van der Waals surface area contributed by atoms with Gasteiger partial charge in [0.05, 0.1) is 29.9 Å². The molecule has 0 spiro atoms. The molecule has 1 aromatic carbocycles. The summed E-state index contributed by atoms with van der Waals surface area (Å²) < 4.78 is 21.1. The van der Waals surface area contributed by atoms with E-state index >= 15 is 4.39 Å². The van der Waals surface area contributed by atoms with Gasteiger partial charge in [-0.05, 0) is 55.5 Å². The lowest BCUT2D eigenvalue weighted by molar-refractivity contribution is -0.127. The molecule has 2 atom stereocenters. The first-order valence-electron chi connectivity index (χ1n) is 12.1. The molecule has 3 aliphatic rings. The number of ether oxygens (including phenoxy) is 1. The Morgan fingerprint density at radius 1 is 1.25 bits per heavy atom. The van der Waals surface area contributed by atoms with Crippen molar-refractivity contribution in [3.63, 3.8) is 0 Å². The fraction of sp³-hybridized carbons (Fsp3) is 0.333. The Bertz CT molecular complexity index is 1420. The predicted octanol–water partition coefficient (Wildman–Crippen LogP) is 3.65. The van der Waals surface area contributed by atoms with Crippen LogP contribution in [0.25, 0.3) is 11.0 Å². The summed E-state index contributed by atoms with van der Waals surface area (Å²) in [5, 5.41) is 3.05. The quantitative estimate of drug-likeness (QED) is 0.405. The first kappa shape index (κ1) is 22.3. The Balaban J connectivity index is 1.27. The Morgan fingerprint density at radius 2 is 2.11 bits per heavy atom. The third-order valence-electron chi connectivity index (χ3n) is 7.13. The zero-order chi connectivity index (χ0) is 24.8. The number of hydrogen-bond acceptors (Lipinski definition) is 7. The molecule has 9 heteroatoms. The molecule has 1 saturated carbocycles. The third kappa shape index (κ3) is 3.88. The molecule has 4 heterocycles. The number of halogens is 1. The molecule has 2 bridgehead atoms. The molecule has 1 N–H and O–H groups in total. The van der Waals surface area contributed by atoms with Gasteiger partial charge in [0.1, 0.15) is 29.0 Å². The summed E-state index contributed by atoms with van der Waals surface area (Å²) >= 11 is 0. The summed E-state index contributed by atoms with van der Waals surface area (Å²) in [5.74, 6) is 3.86. The molecule has 182 valence electrons. The van der Waals surface area contributed by atoms with Gasteiger partial charge in [-0.3, -0.25) is 4.79 Å². The van der Waals surface area contributed by atoms with E-state index in [1.807, 2.05) is 17.0 Å². The van der Waals surface area contributed by atoms with Crippen LogP contribution in [0, 0.1) is 24.1 Å². The molecule has 2 aromatic heterocycles. The highest BCUT2D eigenvalue weighted by molar-refractivity contribution is 5.89. The Labute approximate surface area is 208 Å². The maximum atomic E-state index is 15.3. The van der Waals surface area contributed by atoms with E-state index in [2.05, 4.69) is 32.7 Å². The van der Waals surface area contributed by atoms with Crippen LogP contribution in [0.5, 0.6) is 5.75 Å². The molecule has 36 heavy (non-hydrogen) atoms. The number of nitrogens with one attached hydrogen (secondary N) is 1. The molecular weight excluding hydrogens is 459 g/mol. The number of aromatic nitrogens is 3. The lowest BCUT2D eigenvalue weighted by atomic mass is 10.1. The summed E-state index contributed by atoms with van der Waals surface area (Å²) in [6.07, 6.45) is 11.5. The topological polar surface area (TPSA) is 83.5 Å². The zero-order valence-electron chi connectivity index (χ0n) is 19.7. The van der Waals surface area contributed by atoms with Crippen molar-refractivity contribution in [2.24, 2.45) is 5.92 Å². The van der Waals surface area contributed by atoms with Crippen LogP contribution in [0.15, 0.2) is 43.2 Å². The third-order valence-corrected chi connectivity index (χ3v) is 7.13. The second-order valence-electron chi connectivity index (χ2n) is 9.47. The normalized spacial score (nSPS) is 20.4. The van der Waals surface area contributed by atoms with Crippen molar-refractivity contribution >= 4 is 34.3 Å². The summed E-state index contributed by atoms with van der Waals surface area (Å²) in [6, 6.07) is 7.40. The largest absolute Gasteiger partial charge is 0.492 e. The van der Waals surface area contributed by atoms with Gasteiger partial charge in [-0.25, -0.2) is 19.3 Å². The minimum atomic E-state index is -0.572. The maximum absolute atomic E-state index is 15.3. The van der Waals surface area contributed by atoms with Crippen LogP contribution in [-0.2, 0) is 4.79 Å². The number of piperazine rings is 1. The van der Waals surface area contributed by atoms with E-state index in [9.17, 15) is 4.79 Å².